The molecule has 0 heterocycles. The van der Waals surface area contributed by atoms with Crippen LogP contribution >= 0.6 is 0 Å². The van der Waals surface area contributed by atoms with Gasteiger partial charge in [0.2, 0.25) is 0 Å². The zero-order chi connectivity index (χ0) is 31.6. The maximum atomic E-state index is 12.5. The molecule has 0 unspecified atom stereocenters. The zero-order valence-electron chi connectivity index (χ0n) is 26.1. The van der Waals surface area contributed by atoms with Crippen LogP contribution in [0.25, 0.3) is 0 Å². The smallest absolute Gasteiger partial charge is 0.461 e. The van der Waals surface area contributed by atoms with Crippen molar-refractivity contribution in [1.29, 1.82) is 0 Å². The van der Waals surface area contributed by atoms with E-state index in [-0.39, 0.29) is 42.3 Å². The third kappa shape index (κ3) is 14.2. The number of benzene rings is 1. The third-order valence-corrected chi connectivity index (χ3v) is 6.04. The minimum atomic E-state index is -1.08. The number of carbonyl (C=O) groups excluding carboxylic acids is 4. The van der Waals surface area contributed by atoms with Gasteiger partial charge in [-0.3, -0.25) is 9.59 Å². The van der Waals surface area contributed by atoms with E-state index in [1.807, 2.05) is 34.6 Å². The minimum Gasteiger partial charge on any atom is -0.461 e. The summed E-state index contributed by atoms with van der Waals surface area (Å²) in [5.74, 6) is -1.30. The summed E-state index contributed by atoms with van der Waals surface area (Å²) in [5.41, 5.74) is 4.77. The monoisotopic (exact) mass is 581 g/mol. The van der Waals surface area contributed by atoms with E-state index in [1.165, 1.54) is 12.1 Å². The average Bonchev–Trinajstić information content (AvgIpc) is 2.82. The minimum absolute atomic E-state index is 0.0104. The van der Waals surface area contributed by atoms with Gasteiger partial charge in [0.15, 0.2) is 11.5 Å². The number of carbonyl (C=O) groups is 4. The van der Waals surface area contributed by atoms with Gasteiger partial charge in [-0.15, -0.1) is 0 Å². The Morgan fingerprint density at radius 3 is 1.83 bits per heavy atom. The molecule has 2 N–H and O–H groups in total. The zero-order valence-corrected chi connectivity index (χ0v) is 26.1. The van der Waals surface area contributed by atoms with Crippen LogP contribution < -0.4 is 15.2 Å². The highest BCUT2D eigenvalue weighted by Gasteiger charge is 2.27. The highest BCUT2D eigenvalue weighted by molar-refractivity contribution is 5.76. The van der Waals surface area contributed by atoms with Crippen LogP contribution in [0.3, 0.4) is 0 Å². The van der Waals surface area contributed by atoms with Crippen LogP contribution in [-0.4, -0.2) is 54.2 Å². The first-order valence-corrected chi connectivity index (χ1v) is 13.8. The van der Waals surface area contributed by atoms with Crippen molar-refractivity contribution in [2.75, 3.05) is 6.61 Å². The van der Waals surface area contributed by atoms with Crippen molar-refractivity contribution >= 4 is 24.2 Å². The first-order valence-electron chi connectivity index (χ1n) is 13.8. The van der Waals surface area contributed by atoms with E-state index in [1.54, 1.807) is 40.7 Å². The van der Waals surface area contributed by atoms with Crippen molar-refractivity contribution in [3.8, 4) is 11.5 Å². The summed E-state index contributed by atoms with van der Waals surface area (Å²) in [6.45, 7) is 17.8. The number of nitrogens with two attached hydrogens (primary N) is 1. The van der Waals surface area contributed by atoms with E-state index in [0.29, 0.717) is 18.4 Å². The second kappa shape index (κ2) is 15.0. The predicted molar refractivity (Wildman–Crippen MR) is 152 cm³/mol. The van der Waals surface area contributed by atoms with Crippen LogP contribution in [0.1, 0.15) is 94.1 Å². The van der Waals surface area contributed by atoms with E-state index in [0.717, 1.165) is 0 Å². The van der Waals surface area contributed by atoms with Gasteiger partial charge in [0, 0.05) is 0 Å². The van der Waals surface area contributed by atoms with E-state index in [2.05, 4.69) is 0 Å². The summed E-state index contributed by atoms with van der Waals surface area (Å²) in [5, 5.41) is 0. The van der Waals surface area contributed by atoms with Crippen molar-refractivity contribution in [2.24, 2.45) is 11.1 Å². The summed E-state index contributed by atoms with van der Waals surface area (Å²) in [4.78, 5) is 49.4. The first kappa shape index (κ1) is 35.7. The third-order valence-electron chi connectivity index (χ3n) is 6.04. The molecule has 0 aliphatic heterocycles. The maximum Gasteiger partial charge on any atom is 0.514 e. The normalized spacial score (nSPS) is 13.4. The highest BCUT2D eigenvalue weighted by Crippen LogP contribution is 2.31. The fraction of sp³-hybridized carbons (Fsp3) is 0.667. The summed E-state index contributed by atoms with van der Waals surface area (Å²) in [6.07, 6.45) is -1.30. The molecule has 0 aromatic heterocycles. The van der Waals surface area contributed by atoms with Crippen LogP contribution in [0.4, 0.5) is 9.59 Å². The quantitative estimate of drug-likeness (QED) is 0.169. The Hall–Kier alpha value is -3.34. The Balaban J connectivity index is 2.96. The Kier molecular flexibility index (Phi) is 13.1. The number of hydrogen-bond donors (Lipinski definition) is 1. The fourth-order valence-electron chi connectivity index (χ4n) is 3.04. The van der Waals surface area contributed by atoms with E-state index in [4.69, 9.17) is 34.2 Å². The summed E-state index contributed by atoms with van der Waals surface area (Å²) in [7, 11) is 0. The standard InChI is InChI=1S/C30H47NO10/c1-11-29(7,8)40-26(34)38-22-14-13-20(16-23(22)39-27(35)41-30(9,10)12-2)15-21(31)25(33)36-18-19(3)37-24(32)17-28(4,5)6/h13-14,16,19,21H,11-12,15,17-18,31H2,1-10H3/t19-,21-/m0/s1. The molecule has 1 rings (SSSR count). The molecule has 0 spiro atoms. The van der Waals surface area contributed by atoms with Gasteiger partial charge in [0.1, 0.15) is 30.0 Å². The van der Waals surface area contributed by atoms with E-state index >= 15 is 0 Å². The molecule has 0 fully saturated rings. The number of hydrogen-bond acceptors (Lipinski definition) is 11. The lowest BCUT2D eigenvalue weighted by atomic mass is 9.92. The molecule has 0 saturated heterocycles. The Morgan fingerprint density at radius 2 is 1.34 bits per heavy atom. The largest absolute Gasteiger partial charge is 0.514 e. The lowest BCUT2D eigenvalue weighted by Gasteiger charge is -2.24. The number of esters is 2. The molecule has 0 aliphatic rings. The van der Waals surface area contributed by atoms with Crippen LogP contribution in [0.5, 0.6) is 11.5 Å². The molecule has 41 heavy (non-hydrogen) atoms. The summed E-state index contributed by atoms with van der Waals surface area (Å²) in [6, 6.07) is 3.30. The van der Waals surface area contributed by atoms with Gasteiger partial charge in [-0.1, -0.05) is 40.7 Å². The van der Waals surface area contributed by atoms with Crippen LogP contribution in [0, 0.1) is 5.41 Å². The SMILES string of the molecule is CCC(C)(C)OC(=O)Oc1ccc(C[C@H](N)C(=O)OC[C@H](C)OC(=O)CC(C)(C)C)cc1OC(=O)OC(C)(C)CC. The van der Waals surface area contributed by atoms with Gasteiger partial charge < -0.3 is 34.2 Å². The summed E-state index contributed by atoms with van der Waals surface area (Å²) < 4.78 is 31.9. The van der Waals surface area contributed by atoms with Crippen molar-refractivity contribution in [3.63, 3.8) is 0 Å². The topological polar surface area (TPSA) is 150 Å². The second-order valence-electron chi connectivity index (χ2n) is 12.4. The molecule has 0 saturated carbocycles. The molecule has 0 bridgehead atoms. The molecule has 1 aromatic carbocycles. The lowest BCUT2D eigenvalue weighted by molar-refractivity contribution is -0.160. The Morgan fingerprint density at radius 1 is 0.829 bits per heavy atom. The Bertz CT molecular complexity index is 1060. The molecule has 11 nitrogen and oxygen atoms in total. The molecule has 0 amide bonds. The van der Waals surface area contributed by atoms with Crippen molar-refractivity contribution < 1.29 is 47.6 Å². The predicted octanol–water partition coefficient (Wildman–Crippen LogP) is 5.88. The molecule has 0 aliphatic carbocycles. The van der Waals surface area contributed by atoms with Gasteiger partial charge in [-0.25, -0.2) is 9.59 Å². The first-order chi connectivity index (χ1) is 18.8. The van der Waals surface area contributed by atoms with Crippen LogP contribution in [0.2, 0.25) is 0 Å². The average molecular weight is 582 g/mol. The molecular weight excluding hydrogens is 534 g/mol. The fourth-order valence-corrected chi connectivity index (χ4v) is 3.04. The number of ether oxygens (including phenoxy) is 6. The van der Waals surface area contributed by atoms with Gasteiger partial charge >= 0.3 is 24.2 Å². The van der Waals surface area contributed by atoms with Crippen molar-refractivity contribution in [1.82, 2.24) is 0 Å². The highest BCUT2D eigenvalue weighted by atomic mass is 16.8. The molecular formula is C30H47NO10. The van der Waals surface area contributed by atoms with Gasteiger partial charge in [0.25, 0.3) is 0 Å². The van der Waals surface area contributed by atoms with Crippen LogP contribution in [0.15, 0.2) is 18.2 Å². The second-order valence-corrected chi connectivity index (χ2v) is 12.4. The number of rotatable bonds is 13. The molecule has 232 valence electrons. The van der Waals surface area contributed by atoms with Gasteiger partial charge in [-0.05, 0) is 77.0 Å². The van der Waals surface area contributed by atoms with E-state index in [9.17, 15) is 19.2 Å². The van der Waals surface area contributed by atoms with Crippen LogP contribution in [-0.2, 0) is 35.0 Å². The van der Waals surface area contributed by atoms with E-state index < -0.39 is 41.6 Å². The van der Waals surface area contributed by atoms with Crippen molar-refractivity contribution in [3.05, 3.63) is 23.8 Å². The summed E-state index contributed by atoms with van der Waals surface area (Å²) >= 11 is 0. The van der Waals surface area contributed by atoms with Gasteiger partial charge in [-0.2, -0.15) is 0 Å². The Labute approximate surface area is 243 Å². The molecule has 0 radical (unpaired) electrons. The molecule has 11 heteroatoms. The maximum absolute atomic E-state index is 12.5. The molecule has 1 aromatic rings. The van der Waals surface area contributed by atoms with Gasteiger partial charge in [0.05, 0.1) is 6.42 Å². The molecule has 2 atom stereocenters. The van der Waals surface area contributed by atoms with Crippen molar-refractivity contribution in [2.45, 2.75) is 118 Å². The lowest BCUT2D eigenvalue weighted by Crippen LogP contribution is -2.36.